The van der Waals surface area contributed by atoms with Crippen molar-refractivity contribution in [2.24, 2.45) is 5.41 Å². The van der Waals surface area contributed by atoms with Crippen LogP contribution >= 0.6 is 0 Å². The maximum atomic E-state index is 6.44. The monoisotopic (exact) mass is 258 g/mol. The Hall–Kier alpha value is -0.860. The van der Waals surface area contributed by atoms with E-state index in [4.69, 9.17) is 9.47 Å². The molecule has 3 aliphatic heterocycles. The molecule has 0 N–H and O–H groups in total. The first-order chi connectivity index (χ1) is 9.19. The third-order valence-electron chi connectivity index (χ3n) is 5.31. The van der Waals surface area contributed by atoms with Crippen LogP contribution in [0.4, 0.5) is 0 Å². The van der Waals surface area contributed by atoms with Crippen molar-refractivity contribution in [2.75, 3.05) is 6.61 Å². The fraction of sp³-hybridized carbons (Fsp3) is 0.647. The molecule has 4 bridgehead atoms. The van der Waals surface area contributed by atoms with Gasteiger partial charge in [-0.3, -0.25) is 0 Å². The summed E-state index contributed by atoms with van der Waals surface area (Å²) in [6.45, 7) is 5.48. The topological polar surface area (TPSA) is 18.5 Å². The van der Waals surface area contributed by atoms with Gasteiger partial charge in [-0.2, -0.15) is 0 Å². The molecule has 0 radical (unpaired) electrons. The second-order valence-corrected chi connectivity index (χ2v) is 6.73. The molecule has 102 valence electrons. The smallest absolute Gasteiger partial charge is 0.176 e. The highest BCUT2D eigenvalue weighted by Gasteiger charge is 2.65. The summed E-state index contributed by atoms with van der Waals surface area (Å²) in [7, 11) is 0. The van der Waals surface area contributed by atoms with Gasteiger partial charge in [0.15, 0.2) is 5.79 Å². The van der Waals surface area contributed by atoms with E-state index in [0.29, 0.717) is 5.92 Å². The van der Waals surface area contributed by atoms with Crippen molar-refractivity contribution in [3.8, 4) is 0 Å². The van der Waals surface area contributed by atoms with Crippen molar-refractivity contribution in [1.29, 1.82) is 0 Å². The van der Waals surface area contributed by atoms with E-state index in [1.54, 1.807) is 0 Å². The molecule has 0 saturated carbocycles. The molecule has 1 unspecified atom stereocenters. The summed E-state index contributed by atoms with van der Waals surface area (Å²) in [6.07, 6.45) is 4.77. The quantitative estimate of drug-likeness (QED) is 0.810. The van der Waals surface area contributed by atoms with Gasteiger partial charge < -0.3 is 9.47 Å². The minimum Gasteiger partial charge on any atom is -0.349 e. The molecule has 0 amide bonds. The van der Waals surface area contributed by atoms with Crippen molar-refractivity contribution in [2.45, 2.75) is 57.3 Å². The Kier molecular flexibility index (Phi) is 2.40. The first-order valence-electron chi connectivity index (χ1n) is 7.59. The third-order valence-corrected chi connectivity index (χ3v) is 5.31. The van der Waals surface area contributed by atoms with Crippen LogP contribution < -0.4 is 0 Å². The molecule has 1 aliphatic carbocycles. The fourth-order valence-corrected chi connectivity index (χ4v) is 4.52. The lowest BCUT2D eigenvalue weighted by atomic mass is 9.60. The predicted molar refractivity (Wildman–Crippen MR) is 73.9 cm³/mol. The molecule has 1 aromatic carbocycles. The molecule has 0 aromatic heterocycles. The maximum absolute atomic E-state index is 6.44. The molecular formula is C17H22O2. The maximum Gasteiger partial charge on any atom is 0.176 e. The Morgan fingerprint density at radius 3 is 2.84 bits per heavy atom. The highest BCUT2D eigenvalue weighted by atomic mass is 16.7. The zero-order valence-corrected chi connectivity index (χ0v) is 11.8. The Morgan fingerprint density at radius 1 is 1.26 bits per heavy atom. The Morgan fingerprint density at radius 2 is 2.05 bits per heavy atom. The van der Waals surface area contributed by atoms with Gasteiger partial charge in [0.25, 0.3) is 0 Å². The van der Waals surface area contributed by atoms with E-state index in [2.05, 4.69) is 38.1 Å². The molecule has 4 aliphatic rings. The van der Waals surface area contributed by atoms with Crippen LogP contribution in [0.25, 0.3) is 0 Å². The molecule has 2 nitrogen and oxygen atoms in total. The molecule has 0 spiro atoms. The van der Waals surface area contributed by atoms with Gasteiger partial charge in [-0.15, -0.1) is 0 Å². The Labute approximate surface area is 115 Å². The zero-order chi connectivity index (χ0) is 13.1. The minimum atomic E-state index is -0.331. The van der Waals surface area contributed by atoms with Crippen molar-refractivity contribution in [3.63, 3.8) is 0 Å². The lowest BCUT2D eigenvalue weighted by Crippen LogP contribution is -2.50. The number of hydrogen-bond acceptors (Lipinski definition) is 2. The summed E-state index contributed by atoms with van der Waals surface area (Å²) >= 11 is 0. The van der Waals surface area contributed by atoms with Crippen LogP contribution in [0.5, 0.6) is 0 Å². The van der Waals surface area contributed by atoms with Gasteiger partial charge in [0.2, 0.25) is 0 Å². The largest absolute Gasteiger partial charge is 0.349 e. The molecule has 4 atom stereocenters. The zero-order valence-electron chi connectivity index (χ0n) is 11.8. The summed E-state index contributed by atoms with van der Waals surface area (Å²) < 4.78 is 12.7. The average molecular weight is 258 g/mol. The van der Waals surface area contributed by atoms with E-state index in [9.17, 15) is 0 Å². The second-order valence-electron chi connectivity index (χ2n) is 6.73. The van der Waals surface area contributed by atoms with E-state index in [-0.39, 0.29) is 17.3 Å². The number of hydrogen-bond donors (Lipinski definition) is 0. The number of unbranched alkanes of at least 4 members (excludes halogenated alkanes) is 1. The highest BCUT2D eigenvalue weighted by Crippen LogP contribution is 2.67. The second kappa shape index (κ2) is 3.83. The Balaban J connectivity index is 1.83. The molecule has 3 heterocycles. The summed E-state index contributed by atoms with van der Waals surface area (Å²) in [5, 5.41) is 0. The van der Waals surface area contributed by atoms with Crippen LogP contribution in [0.15, 0.2) is 24.3 Å². The fourth-order valence-electron chi connectivity index (χ4n) is 4.52. The van der Waals surface area contributed by atoms with Crippen LogP contribution in [0.1, 0.15) is 62.7 Å². The minimum absolute atomic E-state index is 0.241. The summed E-state index contributed by atoms with van der Waals surface area (Å²) in [5.41, 5.74) is 3.16. The molecule has 19 heavy (non-hydrogen) atoms. The number of rotatable bonds is 3. The van der Waals surface area contributed by atoms with Gasteiger partial charge in [0.1, 0.15) is 0 Å². The normalized spacial score (nSPS) is 42.4. The van der Waals surface area contributed by atoms with Crippen molar-refractivity contribution in [3.05, 3.63) is 35.4 Å². The first-order valence-corrected chi connectivity index (χ1v) is 7.59. The standard InChI is InChI=1S/C17H22O2/c1-3-4-9-17-15-13-8-6-5-7-12(13)14(19-17)10-16(15,2)11-18-17/h5-8,14-15H,3-4,9-11H2,1-2H3/t14?,15-,16+,17+/m0/s1. The van der Waals surface area contributed by atoms with Crippen molar-refractivity contribution < 1.29 is 9.47 Å². The van der Waals surface area contributed by atoms with Gasteiger partial charge >= 0.3 is 0 Å². The number of benzene rings is 1. The van der Waals surface area contributed by atoms with Crippen molar-refractivity contribution >= 4 is 0 Å². The van der Waals surface area contributed by atoms with Crippen molar-refractivity contribution in [1.82, 2.24) is 0 Å². The van der Waals surface area contributed by atoms with E-state index < -0.39 is 0 Å². The average Bonchev–Trinajstić information content (AvgIpc) is 2.64. The summed E-state index contributed by atoms with van der Waals surface area (Å²) in [4.78, 5) is 0. The summed E-state index contributed by atoms with van der Waals surface area (Å²) in [6, 6.07) is 8.83. The van der Waals surface area contributed by atoms with Crippen LogP contribution in [0, 0.1) is 5.41 Å². The molecule has 2 heteroatoms. The van der Waals surface area contributed by atoms with E-state index in [1.807, 2.05) is 0 Å². The van der Waals surface area contributed by atoms with E-state index in [1.165, 1.54) is 24.0 Å². The van der Waals surface area contributed by atoms with Crippen LogP contribution in [0.2, 0.25) is 0 Å². The number of ether oxygens (including phenoxy) is 2. The molecule has 1 aromatic rings. The highest BCUT2D eigenvalue weighted by molar-refractivity contribution is 5.42. The van der Waals surface area contributed by atoms with Gasteiger partial charge in [0, 0.05) is 17.8 Å². The third kappa shape index (κ3) is 1.45. The molecule has 5 rings (SSSR count). The van der Waals surface area contributed by atoms with Gasteiger partial charge in [-0.1, -0.05) is 44.5 Å². The predicted octanol–water partition coefficient (Wildman–Crippen LogP) is 4.17. The lowest BCUT2D eigenvalue weighted by molar-refractivity contribution is -0.269. The van der Waals surface area contributed by atoms with Gasteiger partial charge in [-0.25, -0.2) is 0 Å². The molecular weight excluding hydrogens is 236 g/mol. The van der Waals surface area contributed by atoms with Gasteiger partial charge in [-0.05, 0) is 24.0 Å². The van der Waals surface area contributed by atoms with Crippen LogP contribution in [-0.4, -0.2) is 12.4 Å². The van der Waals surface area contributed by atoms with E-state index in [0.717, 1.165) is 19.4 Å². The Bertz CT molecular complexity index is 512. The van der Waals surface area contributed by atoms with E-state index >= 15 is 0 Å². The van der Waals surface area contributed by atoms with Crippen LogP contribution in [-0.2, 0) is 9.47 Å². The molecule has 2 fully saturated rings. The van der Waals surface area contributed by atoms with Crippen LogP contribution in [0.3, 0.4) is 0 Å². The first kappa shape index (κ1) is 11.9. The summed E-state index contributed by atoms with van der Waals surface area (Å²) in [5.74, 6) is 0.0925. The lowest BCUT2D eigenvalue weighted by Gasteiger charge is -2.53. The molecule has 2 saturated heterocycles. The van der Waals surface area contributed by atoms with Gasteiger partial charge in [0.05, 0.1) is 12.7 Å². The SMILES string of the molecule is CCCC[C@@]12OC[C@@]3(C)CC(O1)c1ccccc1[C@@H]32.